The summed E-state index contributed by atoms with van der Waals surface area (Å²) in [5, 5.41) is 2.04. The third-order valence-electron chi connectivity index (χ3n) is 4.97. The van der Waals surface area contributed by atoms with Crippen molar-refractivity contribution in [3.05, 3.63) is 77.9 Å². The molecule has 0 aromatic heterocycles. The van der Waals surface area contributed by atoms with E-state index in [1.165, 1.54) is 0 Å². The summed E-state index contributed by atoms with van der Waals surface area (Å²) in [5.41, 5.74) is 7.72. The van der Waals surface area contributed by atoms with Gasteiger partial charge in [-0.05, 0) is 40.1 Å². The number of hydrogen-bond acceptors (Lipinski definition) is 6. The Labute approximate surface area is 169 Å². The number of rotatable bonds is 7. The van der Waals surface area contributed by atoms with Crippen molar-refractivity contribution in [2.75, 3.05) is 20.3 Å². The molecule has 0 bridgehead atoms. The molecule has 3 aromatic rings. The molecular weight excluding hydrogens is 370 g/mol. The summed E-state index contributed by atoms with van der Waals surface area (Å²) in [7, 11) is 1.63. The molecule has 2 N–H and O–H groups in total. The summed E-state index contributed by atoms with van der Waals surface area (Å²) in [6.45, 7) is 0.302. The van der Waals surface area contributed by atoms with Crippen LogP contribution in [0, 0.1) is 0 Å². The summed E-state index contributed by atoms with van der Waals surface area (Å²) in [4.78, 5) is 12.1. The van der Waals surface area contributed by atoms with Crippen molar-refractivity contribution in [1.82, 2.24) is 0 Å². The third-order valence-corrected chi connectivity index (χ3v) is 4.97. The SMILES string of the molecule is COc1ccc2cc([C@H](CN)OC(=O)OC[C@H]3O[C@@H]3c3ccccc3)ccc2c1. The summed E-state index contributed by atoms with van der Waals surface area (Å²) in [6.07, 6.45) is -1.51. The van der Waals surface area contributed by atoms with E-state index >= 15 is 0 Å². The van der Waals surface area contributed by atoms with E-state index in [1.807, 2.05) is 66.7 Å². The van der Waals surface area contributed by atoms with Gasteiger partial charge in [0.2, 0.25) is 0 Å². The fourth-order valence-corrected chi connectivity index (χ4v) is 3.33. The molecular formula is C23H23NO5. The number of methoxy groups -OCH3 is 1. The van der Waals surface area contributed by atoms with Crippen LogP contribution in [0.1, 0.15) is 23.3 Å². The third kappa shape index (κ3) is 4.50. The Morgan fingerprint density at radius 1 is 1.07 bits per heavy atom. The zero-order chi connectivity index (χ0) is 20.2. The average molecular weight is 393 g/mol. The predicted octanol–water partition coefficient (Wildman–Crippen LogP) is 4.14. The molecule has 0 radical (unpaired) electrons. The van der Waals surface area contributed by atoms with E-state index in [0.29, 0.717) is 0 Å². The molecule has 6 heteroatoms. The van der Waals surface area contributed by atoms with Gasteiger partial charge >= 0.3 is 6.16 Å². The van der Waals surface area contributed by atoms with Crippen molar-refractivity contribution in [1.29, 1.82) is 0 Å². The van der Waals surface area contributed by atoms with Crippen molar-refractivity contribution in [3.63, 3.8) is 0 Å². The van der Waals surface area contributed by atoms with Crippen LogP contribution in [-0.2, 0) is 14.2 Å². The molecule has 0 unspecified atom stereocenters. The van der Waals surface area contributed by atoms with Gasteiger partial charge < -0.3 is 24.7 Å². The first-order valence-electron chi connectivity index (χ1n) is 9.49. The van der Waals surface area contributed by atoms with Gasteiger partial charge in [0.25, 0.3) is 0 Å². The lowest BCUT2D eigenvalue weighted by atomic mass is 10.0. The molecule has 3 aromatic carbocycles. The summed E-state index contributed by atoms with van der Waals surface area (Å²) >= 11 is 0. The average Bonchev–Trinajstić information content (AvgIpc) is 3.55. The maximum Gasteiger partial charge on any atom is 0.509 e. The Kier molecular flexibility index (Phi) is 5.64. The molecule has 1 aliphatic rings. The van der Waals surface area contributed by atoms with Crippen LogP contribution < -0.4 is 10.5 Å². The van der Waals surface area contributed by atoms with Gasteiger partial charge in [-0.1, -0.05) is 48.5 Å². The number of ether oxygens (including phenoxy) is 4. The number of epoxide rings is 1. The molecule has 6 nitrogen and oxygen atoms in total. The maximum absolute atomic E-state index is 12.1. The second-order valence-corrected chi connectivity index (χ2v) is 6.88. The Balaban J connectivity index is 1.34. The second kappa shape index (κ2) is 8.51. The highest BCUT2D eigenvalue weighted by molar-refractivity contribution is 5.84. The molecule has 1 fully saturated rings. The van der Waals surface area contributed by atoms with Crippen LogP contribution in [0.2, 0.25) is 0 Å². The molecule has 4 rings (SSSR count). The fraction of sp³-hybridized carbons (Fsp3) is 0.261. The van der Waals surface area contributed by atoms with E-state index in [1.54, 1.807) is 7.11 Å². The van der Waals surface area contributed by atoms with Crippen molar-refractivity contribution in [2.45, 2.75) is 18.3 Å². The number of carbonyl (C=O) groups is 1. The van der Waals surface area contributed by atoms with E-state index < -0.39 is 12.3 Å². The van der Waals surface area contributed by atoms with E-state index in [-0.39, 0.29) is 25.4 Å². The molecule has 29 heavy (non-hydrogen) atoms. The lowest BCUT2D eigenvalue weighted by molar-refractivity contribution is 0.0220. The normalized spacial score (nSPS) is 18.8. The smallest absolute Gasteiger partial charge is 0.497 e. The first kappa shape index (κ1) is 19.2. The van der Waals surface area contributed by atoms with E-state index in [9.17, 15) is 4.79 Å². The lowest BCUT2D eigenvalue weighted by Gasteiger charge is -2.17. The van der Waals surface area contributed by atoms with Gasteiger partial charge in [-0.15, -0.1) is 0 Å². The van der Waals surface area contributed by atoms with Crippen LogP contribution in [0.25, 0.3) is 10.8 Å². The van der Waals surface area contributed by atoms with Crippen LogP contribution >= 0.6 is 0 Å². The number of hydrogen-bond donors (Lipinski definition) is 1. The highest BCUT2D eigenvalue weighted by atomic mass is 16.7. The standard InChI is InChI=1S/C23H23NO5/c1-26-19-10-9-16-11-18(8-7-17(16)12-19)20(13-24)29-23(25)27-14-21-22(28-21)15-5-3-2-4-6-15/h2-12,20-22H,13-14,24H2,1H3/t20-,21+,22+/m0/s1. The van der Waals surface area contributed by atoms with E-state index in [2.05, 4.69) is 0 Å². The first-order chi connectivity index (χ1) is 14.2. The molecule has 0 spiro atoms. The number of nitrogens with two attached hydrogens (primary N) is 1. The fourth-order valence-electron chi connectivity index (χ4n) is 3.33. The minimum atomic E-state index is -0.752. The number of carbonyl (C=O) groups excluding carboxylic acids is 1. The van der Waals surface area contributed by atoms with Crippen molar-refractivity contribution >= 4 is 16.9 Å². The summed E-state index contributed by atoms with van der Waals surface area (Å²) in [6, 6.07) is 21.4. The van der Waals surface area contributed by atoms with Crippen LogP contribution in [0.4, 0.5) is 4.79 Å². The Morgan fingerprint density at radius 2 is 1.83 bits per heavy atom. The van der Waals surface area contributed by atoms with Crippen LogP contribution in [0.15, 0.2) is 66.7 Å². The zero-order valence-electron chi connectivity index (χ0n) is 16.1. The molecule has 1 saturated heterocycles. The molecule has 0 saturated carbocycles. The maximum atomic E-state index is 12.1. The van der Waals surface area contributed by atoms with Crippen LogP contribution in [0.5, 0.6) is 5.75 Å². The molecule has 150 valence electrons. The largest absolute Gasteiger partial charge is 0.509 e. The quantitative estimate of drug-likeness (QED) is 0.480. The van der Waals surface area contributed by atoms with Gasteiger partial charge in [0.05, 0.1) is 7.11 Å². The van der Waals surface area contributed by atoms with Gasteiger partial charge in [0, 0.05) is 6.54 Å². The number of fused-ring (bicyclic) bond motifs is 1. The van der Waals surface area contributed by atoms with Gasteiger partial charge in [-0.2, -0.15) is 0 Å². The van der Waals surface area contributed by atoms with Crippen molar-refractivity contribution < 1.29 is 23.7 Å². The molecule has 1 heterocycles. The van der Waals surface area contributed by atoms with Gasteiger partial charge in [-0.3, -0.25) is 0 Å². The van der Waals surface area contributed by atoms with Crippen LogP contribution in [0.3, 0.4) is 0 Å². The summed E-state index contributed by atoms with van der Waals surface area (Å²) in [5.74, 6) is 0.788. The molecule has 3 atom stereocenters. The first-order valence-corrected chi connectivity index (χ1v) is 9.49. The van der Waals surface area contributed by atoms with Crippen molar-refractivity contribution in [3.8, 4) is 5.75 Å². The van der Waals surface area contributed by atoms with Gasteiger partial charge in [-0.25, -0.2) is 4.79 Å². The molecule has 0 amide bonds. The minimum absolute atomic E-state index is 0.0354. The highest BCUT2D eigenvalue weighted by Gasteiger charge is 2.41. The van der Waals surface area contributed by atoms with Crippen molar-refractivity contribution in [2.24, 2.45) is 5.73 Å². The Bertz CT molecular complexity index is 991. The Morgan fingerprint density at radius 3 is 2.59 bits per heavy atom. The molecule has 0 aliphatic carbocycles. The van der Waals surface area contributed by atoms with Gasteiger partial charge in [0.1, 0.15) is 30.7 Å². The monoisotopic (exact) mass is 393 g/mol. The summed E-state index contributed by atoms with van der Waals surface area (Å²) < 4.78 is 21.5. The lowest BCUT2D eigenvalue weighted by Crippen LogP contribution is -2.21. The van der Waals surface area contributed by atoms with E-state index in [0.717, 1.165) is 27.6 Å². The zero-order valence-corrected chi connectivity index (χ0v) is 16.1. The highest BCUT2D eigenvalue weighted by Crippen LogP contribution is 2.38. The number of benzene rings is 3. The van der Waals surface area contributed by atoms with Gasteiger partial charge in [0.15, 0.2) is 0 Å². The van der Waals surface area contributed by atoms with E-state index in [4.69, 9.17) is 24.7 Å². The van der Waals surface area contributed by atoms with Crippen LogP contribution in [-0.4, -0.2) is 32.5 Å². The minimum Gasteiger partial charge on any atom is -0.497 e. The predicted molar refractivity (Wildman–Crippen MR) is 109 cm³/mol. The topological polar surface area (TPSA) is 83.3 Å². The Hall–Kier alpha value is -3.09. The molecule has 1 aliphatic heterocycles. The second-order valence-electron chi connectivity index (χ2n) is 6.88.